The molecule has 0 aliphatic rings. The first-order chi connectivity index (χ1) is 8.06. The van der Waals surface area contributed by atoms with Crippen molar-refractivity contribution in [1.29, 1.82) is 0 Å². The van der Waals surface area contributed by atoms with E-state index in [2.05, 4.69) is 25.7 Å². The Balaban J connectivity index is 0. The second-order valence-corrected chi connectivity index (χ2v) is 4.72. The number of aliphatic hydroxyl groups is 1. The zero-order chi connectivity index (χ0) is 13.7. The molecule has 0 radical (unpaired) electrons. The number of hydrogen-bond acceptors (Lipinski definition) is 2. The monoisotopic (exact) mass is 243 g/mol. The van der Waals surface area contributed by atoms with Crippen LogP contribution in [0.2, 0.25) is 0 Å². The molecule has 104 valence electrons. The van der Waals surface area contributed by atoms with Crippen LogP contribution in [-0.4, -0.2) is 18.3 Å². The quantitative estimate of drug-likeness (QED) is 0.597. The molecule has 1 unspecified atom stereocenters. The topological polar surface area (TPSA) is 32.3 Å². The van der Waals surface area contributed by atoms with Crippen LogP contribution in [-0.2, 0) is 0 Å². The summed E-state index contributed by atoms with van der Waals surface area (Å²) in [4.78, 5) is 0. The van der Waals surface area contributed by atoms with Gasteiger partial charge in [0, 0.05) is 12.7 Å². The van der Waals surface area contributed by atoms with E-state index in [0.717, 1.165) is 44.2 Å². The Morgan fingerprint density at radius 1 is 1.12 bits per heavy atom. The van der Waals surface area contributed by atoms with Crippen LogP contribution in [0.25, 0.3) is 0 Å². The molecule has 0 saturated carbocycles. The van der Waals surface area contributed by atoms with E-state index in [1.807, 2.05) is 20.9 Å². The molecule has 17 heavy (non-hydrogen) atoms. The molecule has 2 N–H and O–H groups in total. The van der Waals surface area contributed by atoms with E-state index >= 15 is 0 Å². The third-order valence-corrected chi connectivity index (χ3v) is 2.70. The second-order valence-electron chi connectivity index (χ2n) is 4.72. The van der Waals surface area contributed by atoms with Gasteiger partial charge in [-0.05, 0) is 38.0 Å². The van der Waals surface area contributed by atoms with Crippen molar-refractivity contribution >= 4 is 0 Å². The minimum atomic E-state index is -0.102. The third-order valence-electron chi connectivity index (χ3n) is 2.70. The highest BCUT2D eigenvalue weighted by molar-refractivity contribution is 4.88. The molecule has 0 aromatic rings. The van der Waals surface area contributed by atoms with Crippen molar-refractivity contribution < 1.29 is 5.11 Å². The fourth-order valence-electron chi connectivity index (χ4n) is 1.51. The number of allylic oxidation sites excluding steroid dienone is 1. The summed E-state index contributed by atoms with van der Waals surface area (Å²) < 4.78 is 0. The normalized spacial score (nSPS) is 11.7. The van der Waals surface area contributed by atoms with Gasteiger partial charge in [0.25, 0.3) is 0 Å². The Morgan fingerprint density at radius 3 is 2.18 bits per heavy atom. The van der Waals surface area contributed by atoms with Crippen LogP contribution >= 0.6 is 0 Å². The predicted octanol–water partition coefficient (Wildman–Crippen LogP) is 4.10. The van der Waals surface area contributed by atoms with E-state index in [0.29, 0.717) is 5.92 Å². The lowest BCUT2D eigenvalue weighted by Crippen LogP contribution is -2.08. The van der Waals surface area contributed by atoms with Gasteiger partial charge in [-0.2, -0.15) is 0 Å². The number of aliphatic hydroxyl groups excluding tert-OH is 1. The van der Waals surface area contributed by atoms with Crippen molar-refractivity contribution in [3.05, 3.63) is 12.3 Å². The zero-order valence-electron chi connectivity index (χ0n) is 12.6. The fraction of sp³-hybridized carbons (Fsp3) is 0.867. The maximum atomic E-state index is 9.68. The highest BCUT2D eigenvalue weighted by atomic mass is 16.3. The minimum Gasteiger partial charge on any atom is -0.393 e. The Bertz CT molecular complexity index is 166. The maximum absolute atomic E-state index is 9.68. The first-order valence-electron chi connectivity index (χ1n) is 7.09. The number of nitrogens with one attached hydrogen (secondary N) is 1. The lowest BCUT2D eigenvalue weighted by Gasteiger charge is -2.12. The van der Waals surface area contributed by atoms with Gasteiger partial charge in [0.15, 0.2) is 0 Å². The summed E-state index contributed by atoms with van der Waals surface area (Å²) in [5.41, 5.74) is 1.09. The van der Waals surface area contributed by atoms with Gasteiger partial charge in [-0.3, -0.25) is 0 Å². The van der Waals surface area contributed by atoms with Gasteiger partial charge in [-0.1, -0.05) is 40.7 Å². The summed E-state index contributed by atoms with van der Waals surface area (Å²) in [5.74, 6) is 0.698. The molecule has 0 saturated heterocycles. The summed E-state index contributed by atoms with van der Waals surface area (Å²) in [7, 11) is 1.90. The largest absolute Gasteiger partial charge is 0.393 e. The van der Waals surface area contributed by atoms with Gasteiger partial charge in [0.1, 0.15) is 0 Å². The summed E-state index contributed by atoms with van der Waals surface area (Å²) in [6.07, 6.45) is 6.15. The van der Waals surface area contributed by atoms with Gasteiger partial charge >= 0.3 is 0 Å². The molecule has 0 heterocycles. The van der Waals surface area contributed by atoms with Crippen molar-refractivity contribution in [2.75, 3.05) is 7.05 Å². The van der Waals surface area contributed by atoms with E-state index in [1.165, 1.54) is 0 Å². The molecule has 2 nitrogen and oxygen atoms in total. The number of rotatable bonds is 9. The molecule has 0 bridgehead atoms. The Labute approximate surface area is 109 Å². The first kappa shape index (κ1) is 18.9. The Hall–Kier alpha value is -0.500. The SMILES string of the molecule is C=C(CCCCC(O)CCC(C)C)NC.CC. The maximum Gasteiger partial charge on any atom is 0.0540 e. The van der Waals surface area contributed by atoms with Crippen LogP contribution in [0.5, 0.6) is 0 Å². The van der Waals surface area contributed by atoms with E-state index in [-0.39, 0.29) is 6.10 Å². The minimum absolute atomic E-state index is 0.102. The molecule has 0 rings (SSSR count). The van der Waals surface area contributed by atoms with Crippen molar-refractivity contribution in [2.45, 2.75) is 72.3 Å². The van der Waals surface area contributed by atoms with Crippen LogP contribution in [0.4, 0.5) is 0 Å². The van der Waals surface area contributed by atoms with Crippen molar-refractivity contribution in [3.8, 4) is 0 Å². The predicted molar refractivity (Wildman–Crippen MR) is 78.1 cm³/mol. The molecule has 0 aromatic heterocycles. The van der Waals surface area contributed by atoms with Gasteiger partial charge in [0.05, 0.1) is 6.10 Å². The van der Waals surface area contributed by atoms with Crippen LogP contribution in [0.3, 0.4) is 0 Å². The molecule has 0 aliphatic heterocycles. The molecule has 0 spiro atoms. The highest BCUT2D eigenvalue weighted by Crippen LogP contribution is 2.13. The molecule has 0 aliphatic carbocycles. The van der Waals surface area contributed by atoms with Gasteiger partial charge in [0.2, 0.25) is 0 Å². The molecule has 0 amide bonds. The Kier molecular flexibility index (Phi) is 15.0. The third kappa shape index (κ3) is 15.5. The zero-order valence-corrected chi connectivity index (χ0v) is 12.6. The average Bonchev–Trinajstić information content (AvgIpc) is 2.34. The van der Waals surface area contributed by atoms with Crippen LogP contribution in [0.1, 0.15) is 66.2 Å². The van der Waals surface area contributed by atoms with Crippen molar-refractivity contribution in [1.82, 2.24) is 5.32 Å². The van der Waals surface area contributed by atoms with Crippen LogP contribution in [0, 0.1) is 5.92 Å². The number of unbranched alkanes of at least 4 members (excludes halogenated alkanes) is 1. The average molecular weight is 243 g/mol. The molecular formula is C15H33NO. The van der Waals surface area contributed by atoms with Crippen molar-refractivity contribution in [2.24, 2.45) is 5.92 Å². The molecular weight excluding hydrogens is 210 g/mol. The smallest absolute Gasteiger partial charge is 0.0540 e. The van der Waals surface area contributed by atoms with Gasteiger partial charge in [-0.15, -0.1) is 0 Å². The molecule has 2 heteroatoms. The Morgan fingerprint density at radius 2 is 1.71 bits per heavy atom. The fourth-order valence-corrected chi connectivity index (χ4v) is 1.51. The van der Waals surface area contributed by atoms with E-state index in [4.69, 9.17) is 0 Å². The molecule has 0 aromatic carbocycles. The van der Waals surface area contributed by atoms with Crippen LogP contribution < -0.4 is 5.32 Å². The number of hydrogen-bond donors (Lipinski definition) is 2. The summed E-state index contributed by atoms with van der Waals surface area (Å²) in [6, 6.07) is 0. The highest BCUT2D eigenvalue weighted by Gasteiger charge is 2.05. The first-order valence-corrected chi connectivity index (χ1v) is 7.09. The van der Waals surface area contributed by atoms with Crippen LogP contribution in [0.15, 0.2) is 12.3 Å². The second kappa shape index (κ2) is 13.6. The lowest BCUT2D eigenvalue weighted by atomic mass is 10.0. The summed E-state index contributed by atoms with van der Waals surface area (Å²) in [6.45, 7) is 12.3. The van der Waals surface area contributed by atoms with E-state index in [1.54, 1.807) is 0 Å². The lowest BCUT2D eigenvalue weighted by molar-refractivity contribution is 0.144. The molecule has 1 atom stereocenters. The standard InChI is InChI=1S/C13H27NO.C2H6/c1-11(2)9-10-13(15)8-6-5-7-12(3)14-4;1-2/h11,13-15H,3,5-10H2,1-2,4H3;1-2H3. The summed E-state index contributed by atoms with van der Waals surface area (Å²) in [5, 5.41) is 12.7. The summed E-state index contributed by atoms with van der Waals surface area (Å²) >= 11 is 0. The molecule has 0 fully saturated rings. The van der Waals surface area contributed by atoms with E-state index in [9.17, 15) is 5.11 Å². The van der Waals surface area contributed by atoms with E-state index < -0.39 is 0 Å². The van der Waals surface area contributed by atoms with Gasteiger partial charge in [-0.25, -0.2) is 0 Å². The van der Waals surface area contributed by atoms with Gasteiger partial charge < -0.3 is 10.4 Å². The van der Waals surface area contributed by atoms with Crippen molar-refractivity contribution in [3.63, 3.8) is 0 Å².